The fourth-order valence-electron chi connectivity index (χ4n) is 1.46. The Morgan fingerprint density at radius 3 is 2.67 bits per heavy atom. The summed E-state index contributed by atoms with van der Waals surface area (Å²) in [7, 11) is -1.76. The van der Waals surface area contributed by atoms with Crippen LogP contribution in [0.3, 0.4) is 0 Å². The second-order valence-corrected chi connectivity index (χ2v) is 6.91. The topological polar surface area (TPSA) is 79.4 Å². The molecular weight excluding hydrogens is 274 g/mol. The minimum Gasteiger partial charge on any atom is -0.338 e. The SMILES string of the molecule is Cc1csc(CN(C)C(=O)[C@@H](C)NS(C)(=O)=O)n1. The molecule has 0 saturated heterocycles. The number of rotatable bonds is 5. The van der Waals surface area contributed by atoms with Crippen molar-refractivity contribution in [2.24, 2.45) is 0 Å². The molecule has 0 unspecified atom stereocenters. The van der Waals surface area contributed by atoms with Crippen LogP contribution in [0.1, 0.15) is 17.6 Å². The van der Waals surface area contributed by atoms with Crippen molar-refractivity contribution in [1.82, 2.24) is 14.6 Å². The van der Waals surface area contributed by atoms with Crippen molar-refractivity contribution in [3.05, 3.63) is 16.1 Å². The summed E-state index contributed by atoms with van der Waals surface area (Å²) in [5.41, 5.74) is 0.915. The van der Waals surface area contributed by atoms with Gasteiger partial charge in [-0.25, -0.2) is 18.1 Å². The number of nitrogens with one attached hydrogen (secondary N) is 1. The number of hydrogen-bond donors (Lipinski definition) is 1. The van der Waals surface area contributed by atoms with Gasteiger partial charge in [-0.15, -0.1) is 11.3 Å². The molecule has 0 aliphatic heterocycles. The van der Waals surface area contributed by atoms with Gasteiger partial charge in [0.15, 0.2) is 0 Å². The van der Waals surface area contributed by atoms with Gasteiger partial charge in [0.25, 0.3) is 0 Å². The Morgan fingerprint density at radius 2 is 2.22 bits per heavy atom. The van der Waals surface area contributed by atoms with Crippen molar-refractivity contribution < 1.29 is 13.2 Å². The molecule has 102 valence electrons. The third kappa shape index (κ3) is 4.71. The summed E-state index contributed by atoms with van der Waals surface area (Å²) in [4.78, 5) is 17.6. The summed E-state index contributed by atoms with van der Waals surface area (Å²) < 4.78 is 24.3. The molecule has 1 heterocycles. The van der Waals surface area contributed by atoms with Gasteiger partial charge in [-0.05, 0) is 13.8 Å². The molecule has 0 spiro atoms. The Balaban J connectivity index is 2.61. The number of sulfonamides is 1. The number of amides is 1. The third-order valence-electron chi connectivity index (χ3n) is 2.18. The van der Waals surface area contributed by atoms with E-state index in [1.807, 2.05) is 12.3 Å². The van der Waals surface area contributed by atoms with Gasteiger partial charge in [-0.2, -0.15) is 0 Å². The third-order valence-corrected chi connectivity index (χ3v) is 3.91. The predicted octanol–water partition coefficient (Wildman–Crippen LogP) is 0.348. The average Bonchev–Trinajstić information content (AvgIpc) is 2.60. The predicted molar refractivity (Wildman–Crippen MR) is 70.8 cm³/mol. The molecule has 0 bridgehead atoms. The lowest BCUT2D eigenvalue weighted by Gasteiger charge is -2.20. The molecule has 1 aromatic rings. The first-order valence-corrected chi connectivity index (χ1v) is 8.09. The molecule has 0 aromatic carbocycles. The number of likely N-dealkylation sites (N-methyl/N-ethyl adjacent to an activating group) is 1. The number of carbonyl (C=O) groups is 1. The maximum atomic E-state index is 11.9. The zero-order chi connectivity index (χ0) is 13.9. The summed E-state index contributed by atoms with van der Waals surface area (Å²) in [6, 6.07) is -0.772. The quantitative estimate of drug-likeness (QED) is 0.849. The fraction of sp³-hybridized carbons (Fsp3) is 0.600. The smallest absolute Gasteiger partial charge is 0.240 e. The van der Waals surface area contributed by atoms with Gasteiger partial charge in [-0.1, -0.05) is 0 Å². The second-order valence-electron chi connectivity index (χ2n) is 4.19. The van der Waals surface area contributed by atoms with Crippen LogP contribution in [0.5, 0.6) is 0 Å². The molecule has 1 rings (SSSR count). The van der Waals surface area contributed by atoms with Gasteiger partial charge in [0.2, 0.25) is 15.9 Å². The van der Waals surface area contributed by atoms with E-state index in [4.69, 9.17) is 0 Å². The Bertz CT molecular complexity index is 524. The van der Waals surface area contributed by atoms with Gasteiger partial charge in [0.05, 0.1) is 18.8 Å². The minimum absolute atomic E-state index is 0.284. The van der Waals surface area contributed by atoms with Crippen molar-refractivity contribution >= 4 is 27.3 Å². The van der Waals surface area contributed by atoms with E-state index in [9.17, 15) is 13.2 Å². The number of aromatic nitrogens is 1. The Morgan fingerprint density at radius 1 is 1.61 bits per heavy atom. The van der Waals surface area contributed by atoms with Gasteiger partial charge in [-0.3, -0.25) is 4.79 Å². The second kappa shape index (κ2) is 5.77. The summed E-state index contributed by atoms with van der Waals surface area (Å²) >= 11 is 1.48. The molecule has 1 atom stereocenters. The van der Waals surface area contributed by atoms with E-state index < -0.39 is 16.1 Å². The maximum absolute atomic E-state index is 11.9. The Hall–Kier alpha value is -0.990. The minimum atomic E-state index is -3.38. The largest absolute Gasteiger partial charge is 0.338 e. The van der Waals surface area contributed by atoms with E-state index in [1.54, 1.807) is 7.05 Å². The highest BCUT2D eigenvalue weighted by Crippen LogP contribution is 2.11. The van der Waals surface area contributed by atoms with E-state index in [1.165, 1.54) is 23.2 Å². The van der Waals surface area contributed by atoms with E-state index in [0.717, 1.165) is 17.0 Å². The van der Waals surface area contributed by atoms with Gasteiger partial charge in [0, 0.05) is 18.1 Å². The molecule has 0 radical (unpaired) electrons. The number of carbonyl (C=O) groups excluding carboxylic acids is 1. The van der Waals surface area contributed by atoms with E-state index in [0.29, 0.717) is 6.54 Å². The molecule has 1 aromatic heterocycles. The Kier molecular flexibility index (Phi) is 4.83. The summed E-state index contributed by atoms with van der Waals surface area (Å²) in [5.74, 6) is -0.284. The van der Waals surface area contributed by atoms with Crippen LogP contribution in [0.2, 0.25) is 0 Å². The fourth-order valence-corrected chi connectivity index (χ4v) is 3.03. The maximum Gasteiger partial charge on any atom is 0.240 e. The van der Waals surface area contributed by atoms with Crippen LogP contribution in [0.15, 0.2) is 5.38 Å². The van der Waals surface area contributed by atoms with Crippen LogP contribution in [0, 0.1) is 6.92 Å². The van der Waals surface area contributed by atoms with Gasteiger partial charge in [0.1, 0.15) is 5.01 Å². The van der Waals surface area contributed by atoms with E-state index in [-0.39, 0.29) is 5.91 Å². The lowest BCUT2D eigenvalue weighted by atomic mass is 10.3. The van der Waals surface area contributed by atoms with E-state index >= 15 is 0 Å². The molecule has 8 heteroatoms. The van der Waals surface area contributed by atoms with E-state index in [2.05, 4.69) is 9.71 Å². The molecule has 0 fully saturated rings. The van der Waals surface area contributed by atoms with Gasteiger partial charge < -0.3 is 4.90 Å². The number of hydrogen-bond acceptors (Lipinski definition) is 5. The summed E-state index contributed by atoms with van der Waals surface area (Å²) in [6.45, 7) is 3.79. The number of nitrogens with zero attached hydrogens (tertiary/aromatic N) is 2. The van der Waals surface area contributed by atoms with Crippen molar-refractivity contribution in [1.29, 1.82) is 0 Å². The highest BCUT2D eigenvalue weighted by atomic mass is 32.2. The van der Waals surface area contributed by atoms with Crippen molar-refractivity contribution in [2.75, 3.05) is 13.3 Å². The standard InChI is InChI=1S/C10H17N3O3S2/c1-7-6-17-9(11-7)5-13(3)10(14)8(2)12-18(4,15)16/h6,8,12H,5H2,1-4H3/t8-/m1/s1. The molecule has 18 heavy (non-hydrogen) atoms. The van der Waals surface area contributed by atoms with Crippen LogP contribution in [-0.4, -0.2) is 43.6 Å². The lowest BCUT2D eigenvalue weighted by molar-refractivity contribution is -0.131. The van der Waals surface area contributed by atoms with Crippen molar-refractivity contribution in [3.8, 4) is 0 Å². The monoisotopic (exact) mass is 291 g/mol. The van der Waals surface area contributed by atoms with Gasteiger partial charge >= 0.3 is 0 Å². The first-order valence-electron chi connectivity index (χ1n) is 5.32. The molecule has 0 aliphatic carbocycles. The molecule has 0 saturated carbocycles. The number of aryl methyl sites for hydroxylation is 1. The zero-order valence-electron chi connectivity index (χ0n) is 10.8. The zero-order valence-corrected chi connectivity index (χ0v) is 12.4. The average molecular weight is 291 g/mol. The highest BCUT2D eigenvalue weighted by Gasteiger charge is 2.21. The first-order chi connectivity index (χ1) is 8.19. The highest BCUT2D eigenvalue weighted by molar-refractivity contribution is 7.88. The molecule has 0 aliphatic rings. The van der Waals surface area contributed by atoms with Crippen molar-refractivity contribution in [2.45, 2.75) is 26.4 Å². The van der Waals surface area contributed by atoms with Crippen LogP contribution < -0.4 is 4.72 Å². The Labute approximate surface area is 111 Å². The normalized spacial score (nSPS) is 13.3. The first kappa shape index (κ1) is 15.1. The lowest BCUT2D eigenvalue weighted by Crippen LogP contribution is -2.44. The van der Waals surface area contributed by atoms with Crippen LogP contribution in [0.25, 0.3) is 0 Å². The molecular formula is C10H17N3O3S2. The summed E-state index contributed by atoms with van der Waals surface area (Å²) in [6.07, 6.45) is 1.03. The van der Waals surface area contributed by atoms with Crippen LogP contribution >= 0.6 is 11.3 Å². The summed E-state index contributed by atoms with van der Waals surface area (Å²) in [5, 5.41) is 2.74. The number of thiazole rings is 1. The molecule has 6 nitrogen and oxygen atoms in total. The molecule has 1 amide bonds. The van der Waals surface area contributed by atoms with Crippen LogP contribution in [0.4, 0.5) is 0 Å². The van der Waals surface area contributed by atoms with Crippen molar-refractivity contribution in [3.63, 3.8) is 0 Å². The molecule has 1 N–H and O–H groups in total. The van der Waals surface area contributed by atoms with Crippen LogP contribution in [-0.2, 0) is 21.4 Å².